The number of nitrogens with one attached hydrogen (secondary N) is 1. The van der Waals surface area contributed by atoms with Crippen molar-refractivity contribution in [1.29, 1.82) is 0 Å². The molecule has 38 heavy (non-hydrogen) atoms. The van der Waals surface area contributed by atoms with Gasteiger partial charge in [-0.15, -0.1) is 0 Å². The molecule has 0 amide bonds. The van der Waals surface area contributed by atoms with Crippen molar-refractivity contribution in [2.75, 3.05) is 31.1 Å². The number of rotatable bonds is 6. The minimum absolute atomic E-state index is 0.0611. The Balaban J connectivity index is 1.42. The molecular formula is C28H33FN6O3. The van der Waals surface area contributed by atoms with E-state index in [2.05, 4.69) is 59.9 Å². The second kappa shape index (κ2) is 10.2. The Morgan fingerprint density at radius 1 is 0.947 bits per heavy atom. The molecule has 10 heteroatoms. The topological polar surface area (TPSA) is 99.4 Å². The lowest BCUT2D eigenvalue weighted by atomic mass is 9.87. The number of imidazole rings is 1. The number of aliphatic hydroxyl groups is 1. The zero-order chi connectivity index (χ0) is 27.0. The van der Waals surface area contributed by atoms with Crippen molar-refractivity contribution < 1.29 is 9.50 Å². The Morgan fingerprint density at radius 2 is 1.63 bits per heavy atom. The van der Waals surface area contributed by atoms with Gasteiger partial charge in [-0.05, 0) is 22.6 Å². The van der Waals surface area contributed by atoms with Crippen molar-refractivity contribution in [1.82, 2.24) is 24.0 Å². The maximum absolute atomic E-state index is 14.6. The number of aromatic amines is 1. The van der Waals surface area contributed by atoms with E-state index in [1.807, 2.05) is 4.90 Å². The summed E-state index contributed by atoms with van der Waals surface area (Å²) in [5.41, 5.74) is 1.89. The summed E-state index contributed by atoms with van der Waals surface area (Å²) < 4.78 is 17.2. The lowest BCUT2D eigenvalue weighted by Gasteiger charge is -2.35. The summed E-state index contributed by atoms with van der Waals surface area (Å²) >= 11 is 0. The molecule has 1 aliphatic rings. The van der Waals surface area contributed by atoms with Gasteiger partial charge in [-0.25, -0.2) is 9.18 Å². The van der Waals surface area contributed by atoms with Crippen LogP contribution in [0.3, 0.4) is 0 Å². The summed E-state index contributed by atoms with van der Waals surface area (Å²) in [6, 6.07) is 15.1. The van der Waals surface area contributed by atoms with E-state index in [1.54, 1.807) is 22.8 Å². The van der Waals surface area contributed by atoms with Gasteiger partial charge in [0.05, 0.1) is 6.54 Å². The highest BCUT2D eigenvalue weighted by Gasteiger charge is 2.26. The molecule has 200 valence electrons. The van der Waals surface area contributed by atoms with Crippen LogP contribution in [0.5, 0.6) is 0 Å². The van der Waals surface area contributed by atoms with Crippen LogP contribution in [0, 0.1) is 5.82 Å². The molecule has 4 aromatic rings. The summed E-state index contributed by atoms with van der Waals surface area (Å²) in [6.45, 7) is 9.69. The first-order chi connectivity index (χ1) is 18.2. The van der Waals surface area contributed by atoms with Crippen LogP contribution >= 0.6 is 0 Å². The molecule has 0 bridgehead atoms. The first kappa shape index (κ1) is 25.9. The predicted octanol–water partition coefficient (Wildman–Crippen LogP) is 2.64. The molecule has 0 aliphatic carbocycles. The largest absolute Gasteiger partial charge is 0.376 e. The van der Waals surface area contributed by atoms with Gasteiger partial charge in [-0.1, -0.05) is 63.2 Å². The maximum atomic E-state index is 14.6. The number of nitrogens with zero attached hydrogens (tertiary/aromatic N) is 5. The van der Waals surface area contributed by atoms with Gasteiger partial charge in [0.15, 0.2) is 11.2 Å². The third-order valence-corrected chi connectivity index (χ3v) is 7.17. The van der Waals surface area contributed by atoms with Crippen molar-refractivity contribution in [2.24, 2.45) is 0 Å². The van der Waals surface area contributed by atoms with Crippen LogP contribution in [-0.4, -0.2) is 55.3 Å². The standard InChI is InChI=1S/C28H33FN6O3/c1-28(2,3)21-10-8-19(9-11-21)16-32-12-14-33(15-13-32)26-30-24-23(25(37)31-27(38)35(24)18-36)34(26)17-20-6-4-5-7-22(20)29/h4-11,36H,12-18H2,1-3H3,(H,31,37,38). The molecule has 5 rings (SSSR count). The molecule has 0 atom stereocenters. The summed E-state index contributed by atoms with van der Waals surface area (Å²) in [4.78, 5) is 36.5. The van der Waals surface area contributed by atoms with Gasteiger partial charge < -0.3 is 10.0 Å². The number of H-pyrrole nitrogens is 1. The van der Waals surface area contributed by atoms with Crippen LogP contribution in [0.25, 0.3) is 11.2 Å². The third-order valence-electron chi connectivity index (χ3n) is 7.17. The van der Waals surface area contributed by atoms with Gasteiger partial charge in [-0.2, -0.15) is 4.98 Å². The highest BCUT2D eigenvalue weighted by molar-refractivity contribution is 5.74. The van der Waals surface area contributed by atoms with Crippen LogP contribution < -0.4 is 16.1 Å². The number of hydrogen-bond acceptors (Lipinski definition) is 6. The Labute approximate surface area is 219 Å². The van der Waals surface area contributed by atoms with E-state index in [0.29, 0.717) is 24.6 Å². The molecule has 9 nitrogen and oxygen atoms in total. The van der Waals surface area contributed by atoms with Gasteiger partial charge in [0.1, 0.15) is 12.5 Å². The maximum Gasteiger partial charge on any atom is 0.332 e. The van der Waals surface area contributed by atoms with Crippen molar-refractivity contribution in [3.05, 3.63) is 91.9 Å². The molecule has 0 spiro atoms. The van der Waals surface area contributed by atoms with Gasteiger partial charge in [-0.3, -0.25) is 23.8 Å². The number of fused-ring (bicyclic) bond motifs is 1. The zero-order valence-electron chi connectivity index (χ0n) is 21.9. The zero-order valence-corrected chi connectivity index (χ0v) is 21.9. The second-order valence-corrected chi connectivity index (χ2v) is 10.8. The average molecular weight is 521 g/mol. The number of anilines is 1. The van der Waals surface area contributed by atoms with E-state index < -0.39 is 23.8 Å². The molecule has 2 aromatic heterocycles. The SMILES string of the molecule is CC(C)(C)c1ccc(CN2CCN(c3nc4c(c(=O)[nH]c(=O)n4CO)n3Cc3ccccc3F)CC2)cc1. The molecular weight excluding hydrogens is 487 g/mol. The molecule has 0 radical (unpaired) electrons. The number of aromatic nitrogens is 4. The van der Waals surface area contributed by atoms with Gasteiger partial charge in [0, 0.05) is 38.3 Å². The molecule has 2 N–H and O–H groups in total. The van der Waals surface area contributed by atoms with E-state index in [4.69, 9.17) is 0 Å². The monoisotopic (exact) mass is 520 g/mol. The number of piperazine rings is 1. The molecule has 1 saturated heterocycles. The van der Waals surface area contributed by atoms with E-state index in [0.717, 1.165) is 24.2 Å². The van der Waals surface area contributed by atoms with Crippen molar-refractivity contribution >= 4 is 17.1 Å². The fourth-order valence-corrected chi connectivity index (χ4v) is 4.95. The number of aliphatic hydroxyl groups excluding tert-OH is 1. The van der Waals surface area contributed by atoms with Crippen LogP contribution in [-0.2, 0) is 25.2 Å². The molecule has 0 unspecified atom stereocenters. The van der Waals surface area contributed by atoms with Crippen LogP contribution in [0.2, 0.25) is 0 Å². The smallest absolute Gasteiger partial charge is 0.332 e. The summed E-state index contributed by atoms with van der Waals surface area (Å²) in [6.07, 6.45) is 0. The average Bonchev–Trinajstić information content (AvgIpc) is 3.25. The number of benzene rings is 2. The first-order valence-corrected chi connectivity index (χ1v) is 12.8. The quantitative estimate of drug-likeness (QED) is 0.406. The Bertz CT molecular complexity index is 1560. The molecule has 1 aliphatic heterocycles. The van der Waals surface area contributed by atoms with Crippen LogP contribution in [0.1, 0.15) is 37.5 Å². The summed E-state index contributed by atoms with van der Waals surface area (Å²) in [7, 11) is 0. The Morgan fingerprint density at radius 3 is 2.26 bits per heavy atom. The summed E-state index contributed by atoms with van der Waals surface area (Å²) in [5.74, 6) is 0.0743. The van der Waals surface area contributed by atoms with E-state index in [-0.39, 0.29) is 23.1 Å². The van der Waals surface area contributed by atoms with E-state index in [1.165, 1.54) is 17.2 Å². The van der Waals surface area contributed by atoms with Crippen molar-refractivity contribution in [3.63, 3.8) is 0 Å². The minimum atomic E-state index is -0.741. The van der Waals surface area contributed by atoms with Crippen molar-refractivity contribution in [3.8, 4) is 0 Å². The Hall–Kier alpha value is -3.76. The molecule has 1 fully saturated rings. The minimum Gasteiger partial charge on any atom is -0.376 e. The fourth-order valence-electron chi connectivity index (χ4n) is 4.95. The first-order valence-electron chi connectivity index (χ1n) is 12.8. The number of halogens is 1. The van der Waals surface area contributed by atoms with Gasteiger partial charge >= 0.3 is 5.69 Å². The van der Waals surface area contributed by atoms with Crippen molar-refractivity contribution in [2.45, 2.75) is 46.0 Å². The summed E-state index contributed by atoms with van der Waals surface area (Å²) in [5, 5.41) is 9.80. The van der Waals surface area contributed by atoms with Gasteiger partial charge in [0.25, 0.3) is 5.56 Å². The Kier molecular flexibility index (Phi) is 6.93. The lowest BCUT2D eigenvalue weighted by molar-refractivity contribution is 0.208. The molecule has 0 saturated carbocycles. The second-order valence-electron chi connectivity index (χ2n) is 10.8. The third kappa shape index (κ3) is 5.01. The van der Waals surface area contributed by atoms with E-state index >= 15 is 0 Å². The lowest BCUT2D eigenvalue weighted by Crippen LogP contribution is -2.47. The highest BCUT2D eigenvalue weighted by Crippen LogP contribution is 2.25. The van der Waals surface area contributed by atoms with E-state index in [9.17, 15) is 19.1 Å². The fraction of sp³-hybridized carbons (Fsp3) is 0.393. The van der Waals surface area contributed by atoms with Crippen LogP contribution in [0.15, 0.2) is 58.1 Å². The predicted molar refractivity (Wildman–Crippen MR) is 145 cm³/mol. The number of hydrogen-bond donors (Lipinski definition) is 2. The van der Waals surface area contributed by atoms with Gasteiger partial charge in [0.2, 0.25) is 5.95 Å². The normalized spacial score (nSPS) is 14.9. The molecule has 3 heterocycles. The molecule has 2 aromatic carbocycles. The van der Waals surface area contributed by atoms with Crippen LogP contribution in [0.4, 0.5) is 10.3 Å². The highest BCUT2D eigenvalue weighted by atomic mass is 19.1.